The maximum absolute atomic E-state index is 12.9. The summed E-state index contributed by atoms with van der Waals surface area (Å²) in [6.45, 7) is 2.25. The van der Waals surface area contributed by atoms with Gasteiger partial charge in [0.15, 0.2) is 5.78 Å². The molecule has 0 saturated carbocycles. The van der Waals surface area contributed by atoms with Crippen LogP contribution in [0.4, 0.5) is 4.39 Å². The highest BCUT2D eigenvalue weighted by atomic mass is 19.1. The predicted octanol–water partition coefficient (Wildman–Crippen LogP) is 2.78. The van der Waals surface area contributed by atoms with E-state index in [4.69, 9.17) is 0 Å². The Bertz CT molecular complexity index is 790. The van der Waals surface area contributed by atoms with Crippen molar-refractivity contribution in [1.82, 2.24) is 4.57 Å². The van der Waals surface area contributed by atoms with Gasteiger partial charge in [-0.1, -0.05) is 12.1 Å². The second kappa shape index (κ2) is 8.73. The minimum absolute atomic E-state index is 0.0934. The summed E-state index contributed by atoms with van der Waals surface area (Å²) in [5.41, 5.74) is 1.72. The number of carbonyl (C=O) groups excluding carboxylic acids is 3. The summed E-state index contributed by atoms with van der Waals surface area (Å²) < 4.78 is 19.3. The van der Waals surface area contributed by atoms with Crippen LogP contribution in [-0.2, 0) is 25.7 Å². The molecule has 25 heavy (non-hydrogen) atoms. The summed E-state index contributed by atoms with van der Waals surface area (Å²) in [6, 6.07) is 8.02. The first-order valence-electron chi connectivity index (χ1n) is 7.79. The van der Waals surface area contributed by atoms with Crippen LogP contribution in [0.2, 0.25) is 0 Å². The Morgan fingerprint density at radius 2 is 1.88 bits per heavy atom. The van der Waals surface area contributed by atoms with Crippen molar-refractivity contribution in [2.24, 2.45) is 0 Å². The molecule has 5 nitrogen and oxygen atoms in total. The number of rotatable bonds is 8. The number of ether oxygens (including phenoxy) is 1. The summed E-state index contributed by atoms with van der Waals surface area (Å²) >= 11 is 0. The van der Waals surface area contributed by atoms with Crippen LogP contribution in [0.5, 0.6) is 0 Å². The molecule has 0 bridgehead atoms. The average Bonchev–Trinajstić information content (AvgIpc) is 3.03. The van der Waals surface area contributed by atoms with Crippen LogP contribution in [0.1, 0.15) is 24.5 Å². The highest BCUT2D eigenvalue weighted by Crippen LogP contribution is 2.09. The standard InChI is InChI=1S/C19H18FNO4/c1-2-25-19(24)18(23)11-17(22)8-5-15-9-10-21(13-15)12-14-3-6-16(20)7-4-14/h3-10,13H,2,11-12H2,1H3/b8-5+. The number of ketones is 2. The topological polar surface area (TPSA) is 65.4 Å². The van der Waals surface area contributed by atoms with Gasteiger partial charge < -0.3 is 9.30 Å². The highest BCUT2D eigenvalue weighted by molar-refractivity contribution is 6.37. The number of halogens is 1. The number of Topliss-reactive ketones (excluding diaryl/α,β-unsaturated/α-hetero) is 1. The number of aromatic nitrogens is 1. The summed E-state index contributed by atoms with van der Waals surface area (Å²) in [7, 11) is 0. The van der Waals surface area contributed by atoms with Gasteiger partial charge in [-0.25, -0.2) is 9.18 Å². The van der Waals surface area contributed by atoms with Crippen LogP contribution in [0.3, 0.4) is 0 Å². The first kappa shape index (κ1) is 18.3. The molecule has 1 heterocycles. The zero-order chi connectivity index (χ0) is 18.2. The van der Waals surface area contributed by atoms with E-state index in [9.17, 15) is 18.8 Å². The van der Waals surface area contributed by atoms with E-state index in [0.29, 0.717) is 6.54 Å². The van der Waals surface area contributed by atoms with Gasteiger partial charge in [-0.2, -0.15) is 0 Å². The Kier molecular flexibility index (Phi) is 6.39. The fourth-order valence-corrected chi connectivity index (χ4v) is 2.15. The summed E-state index contributed by atoms with van der Waals surface area (Å²) in [6.07, 6.45) is 5.97. The third kappa shape index (κ3) is 5.84. The summed E-state index contributed by atoms with van der Waals surface area (Å²) in [5.74, 6) is -2.60. The zero-order valence-electron chi connectivity index (χ0n) is 13.8. The zero-order valence-corrected chi connectivity index (χ0v) is 13.8. The molecular weight excluding hydrogens is 325 g/mol. The summed E-state index contributed by atoms with van der Waals surface area (Å²) in [5, 5.41) is 0. The lowest BCUT2D eigenvalue weighted by Gasteiger charge is -2.02. The van der Waals surface area contributed by atoms with Gasteiger partial charge in [-0.15, -0.1) is 0 Å². The monoisotopic (exact) mass is 343 g/mol. The van der Waals surface area contributed by atoms with Crippen molar-refractivity contribution in [3.8, 4) is 0 Å². The normalized spacial score (nSPS) is 10.8. The molecule has 0 spiro atoms. The lowest BCUT2D eigenvalue weighted by molar-refractivity contribution is -0.154. The van der Waals surface area contributed by atoms with Crippen LogP contribution in [0.25, 0.3) is 6.08 Å². The van der Waals surface area contributed by atoms with Crippen LogP contribution < -0.4 is 0 Å². The molecule has 130 valence electrons. The van der Waals surface area contributed by atoms with Gasteiger partial charge in [-0.05, 0) is 48.4 Å². The van der Waals surface area contributed by atoms with Crippen molar-refractivity contribution in [2.45, 2.75) is 19.9 Å². The maximum Gasteiger partial charge on any atom is 0.375 e. The van der Waals surface area contributed by atoms with E-state index < -0.39 is 24.0 Å². The van der Waals surface area contributed by atoms with Crippen LogP contribution >= 0.6 is 0 Å². The first-order chi connectivity index (χ1) is 12.0. The van der Waals surface area contributed by atoms with E-state index in [0.717, 1.165) is 11.1 Å². The third-order valence-corrected chi connectivity index (χ3v) is 3.35. The molecule has 0 N–H and O–H groups in total. The van der Waals surface area contributed by atoms with Crippen molar-refractivity contribution >= 4 is 23.6 Å². The fourth-order valence-electron chi connectivity index (χ4n) is 2.15. The van der Waals surface area contributed by atoms with E-state index >= 15 is 0 Å². The molecule has 0 aliphatic carbocycles. The van der Waals surface area contributed by atoms with Crippen LogP contribution in [0.15, 0.2) is 48.8 Å². The Morgan fingerprint density at radius 3 is 2.56 bits per heavy atom. The van der Waals surface area contributed by atoms with Crippen molar-refractivity contribution in [2.75, 3.05) is 6.61 Å². The van der Waals surface area contributed by atoms with E-state index in [1.807, 2.05) is 17.0 Å². The van der Waals surface area contributed by atoms with E-state index in [1.54, 1.807) is 31.2 Å². The van der Waals surface area contributed by atoms with Crippen molar-refractivity contribution in [1.29, 1.82) is 0 Å². The molecule has 2 aromatic rings. The van der Waals surface area contributed by atoms with E-state index in [1.165, 1.54) is 18.2 Å². The Morgan fingerprint density at radius 1 is 1.16 bits per heavy atom. The van der Waals surface area contributed by atoms with Gasteiger partial charge in [0.25, 0.3) is 0 Å². The Labute approximate surface area is 144 Å². The second-order valence-corrected chi connectivity index (χ2v) is 5.36. The van der Waals surface area contributed by atoms with E-state index in [-0.39, 0.29) is 12.4 Å². The molecule has 0 unspecified atom stereocenters. The molecule has 0 aliphatic rings. The molecule has 0 fully saturated rings. The lowest BCUT2D eigenvalue weighted by atomic mass is 10.1. The number of benzene rings is 1. The largest absolute Gasteiger partial charge is 0.460 e. The number of esters is 1. The molecule has 0 aliphatic heterocycles. The van der Waals surface area contributed by atoms with Gasteiger partial charge in [0, 0.05) is 18.9 Å². The number of nitrogens with zero attached hydrogens (tertiary/aromatic N) is 1. The third-order valence-electron chi connectivity index (χ3n) is 3.35. The Balaban J connectivity index is 1.90. The smallest absolute Gasteiger partial charge is 0.375 e. The van der Waals surface area contributed by atoms with Gasteiger partial charge in [0.2, 0.25) is 5.78 Å². The molecule has 0 atom stereocenters. The van der Waals surface area contributed by atoms with Gasteiger partial charge >= 0.3 is 5.97 Å². The van der Waals surface area contributed by atoms with Crippen LogP contribution in [-0.4, -0.2) is 28.7 Å². The number of carbonyl (C=O) groups is 3. The molecule has 0 radical (unpaired) electrons. The molecule has 1 aromatic carbocycles. The number of hydrogen-bond donors (Lipinski definition) is 0. The fraction of sp³-hybridized carbons (Fsp3) is 0.211. The summed E-state index contributed by atoms with van der Waals surface area (Å²) in [4.78, 5) is 34.3. The lowest BCUT2D eigenvalue weighted by Crippen LogP contribution is -2.19. The molecule has 2 rings (SSSR count). The number of hydrogen-bond acceptors (Lipinski definition) is 4. The molecule has 6 heteroatoms. The van der Waals surface area contributed by atoms with Gasteiger partial charge in [-0.3, -0.25) is 9.59 Å². The first-order valence-corrected chi connectivity index (χ1v) is 7.79. The quantitative estimate of drug-likeness (QED) is 0.320. The maximum atomic E-state index is 12.9. The van der Waals surface area contributed by atoms with Crippen molar-refractivity contribution in [3.05, 3.63) is 65.7 Å². The molecule has 0 saturated heterocycles. The average molecular weight is 343 g/mol. The highest BCUT2D eigenvalue weighted by Gasteiger charge is 2.17. The van der Waals surface area contributed by atoms with Gasteiger partial charge in [0.1, 0.15) is 5.82 Å². The SMILES string of the molecule is CCOC(=O)C(=O)CC(=O)/C=C/c1ccn(Cc2ccc(F)cc2)c1. The predicted molar refractivity (Wildman–Crippen MR) is 90.2 cm³/mol. The minimum Gasteiger partial charge on any atom is -0.460 e. The van der Waals surface area contributed by atoms with Gasteiger partial charge in [0.05, 0.1) is 13.0 Å². The van der Waals surface area contributed by atoms with E-state index in [2.05, 4.69) is 4.74 Å². The Hall–Kier alpha value is -3.02. The second-order valence-electron chi connectivity index (χ2n) is 5.36. The molecule has 1 aromatic heterocycles. The van der Waals surface area contributed by atoms with Crippen molar-refractivity contribution < 1.29 is 23.5 Å². The minimum atomic E-state index is -0.991. The van der Waals surface area contributed by atoms with Crippen LogP contribution in [0, 0.1) is 5.82 Å². The van der Waals surface area contributed by atoms with Crippen molar-refractivity contribution in [3.63, 3.8) is 0 Å². The molecular formula is C19H18FNO4. The molecule has 0 amide bonds. The number of allylic oxidation sites excluding steroid dienone is 1.